The number of methoxy groups -OCH3 is 1. The summed E-state index contributed by atoms with van der Waals surface area (Å²) in [4.78, 5) is 23.6. The first kappa shape index (κ1) is 18.7. The van der Waals surface area contributed by atoms with E-state index in [2.05, 4.69) is 31.8 Å². The minimum absolute atomic E-state index is 0.0412. The molecule has 0 saturated carbocycles. The fraction of sp³-hybridized carbons (Fsp3) is 0.167. The third-order valence-electron chi connectivity index (χ3n) is 3.26. The number of halogens is 1. The number of carbonyl (C=O) groups excluding carboxylic acids is 2. The van der Waals surface area contributed by atoms with E-state index in [1.807, 2.05) is 36.4 Å². The van der Waals surface area contributed by atoms with Crippen molar-refractivity contribution in [3.8, 4) is 5.75 Å². The summed E-state index contributed by atoms with van der Waals surface area (Å²) >= 11 is 3.35. The first-order valence-corrected chi connectivity index (χ1v) is 8.38. The number of amides is 2. The van der Waals surface area contributed by atoms with Crippen molar-refractivity contribution < 1.29 is 14.3 Å². The Morgan fingerprint density at radius 1 is 1.08 bits per heavy atom. The monoisotopic (exact) mass is 403 g/mol. The van der Waals surface area contributed by atoms with Crippen LogP contribution in [0.5, 0.6) is 5.75 Å². The number of carbonyl (C=O) groups is 2. The van der Waals surface area contributed by atoms with Gasteiger partial charge in [-0.2, -0.15) is 5.10 Å². The number of hydrogen-bond acceptors (Lipinski definition) is 4. The molecule has 0 atom stereocenters. The first-order chi connectivity index (χ1) is 12.1. The van der Waals surface area contributed by atoms with Gasteiger partial charge in [-0.05, 0) is 40.2 Å². The number of anilines is 1. The van der Waals surface area contributed by atoms with Crippen LogP contribution in [0.2, 0.25) is 0 Å². The number of nitrogens with zero attached hydrogens (tertiary/aromatic N) is 1. The summed E-state index contributed by atoms with van der Waals surface area (Å²) in [6.45, 7) is 0. The molecule has 0 aliphatic heterocycles. The van der Waals surface area contributed by atoms with Gasteiger partial charge in [-0.15, -0.1) is 0 Å². The van der Waals surface area contributed by atoms with E-state index in [9.17, 15) is 9.59 Å². The highest BCUT2D eigenvalue weighted by molar-refractivity contribution is 9.10. The number of ether oxygens (including phenoxy) is 1. The van der Waals surface area contributed by atoms with Crippen molar-refractivity contribution >= 4 is 39.6 Å². The molecule has 0 unspecified atom stereocenters. The zero-order valence-corrected chi connectivity index (χ0v) is 15.2. The maximum absolute atomic E-state index is 11.9. The zero-order valence-electron chi connectivity index (χ0n) is 13.7. The molecule has 2 amide bonds. The summed E-state index contributed by atoms with van der Waals surface area (Å²) in [6.07, 6.45) is 1.61. The van der Waals surface area contributed by atoms with Crippen molar-refractivity contribution in [2.75, 3.05) is 12.4 Å². The van der Waals surface area contributed by atoms with Crippen molar-refractivity contribution in [2.24, 2.45) is 5.10 Å². The van der Waals surface area contributed by atoms with Gasteiger partial charge in [0.15, 0.2) is 0 Å². The Morgan fingerprint density at radius 2 is 1.76 bits per heavy atom. The SMILES string of the molecule is COc1ccccc1/C=N\NC(=O)CCC(=O)Nc1ccccc1Br. The molecular formula is C18H18BrN3O3. The molecule has 2 N–H and O–H groups in total. The lowest BCUT2D eigenvalue weighted by Crippen LogP contribution is -2.20. The molecule has 0 bridgehead atoms. The van der Waals surface area contributed by atoms with Crippen molar-refractivity contribution in [1.82, 2.24) is 5.43 Å². The number of hydrazone groups is 1. The second kappa shape index (κ2) is 9.58. The van der Waals surface area contributed by atoms with Crippen molar-refractivity contribution in [1.29, 1.82) is 0 Å². The molecule has 130 valence electrons. The number of rotatable bonds is 7. The molecule has 0 aliphatic carbocycles. The van der Waals surface area contributed by atoms with E-state index in [4.69, 9.17) is 4.74 Å². The third-order valence-corrected chi connectivity index (χ3v) is 3.95. The average Bonchev–Trinajstić information content (AvgIpc) is 2.62. The molecule has 0 spiro atoms. The smallest absolute Gasteiger partial charge is 0.240 e. The Hall–Kier alpha value is -2.67. The second-order valence-electron chi connectivity index (χ2n) is 5.06. The van der Waals surface area contributed by atoms with Crippen LogP contribution in [-0.2, 0) is 9.59 Å². The van der Waals surface area contributed by atoms with Gasteiger partial charge >= 0.3 is 0 Å². The topological polar surface area (TPSA) is 79.8 Å². The van der Waals surface area contributed by atoms with Crippen LogP contribution in [0, 0.1) is 0 Å². The van der Waals surface area contributed by atoms with Crippen molar-refractivity contribution in [3.63, 3.8) is 0 Å². The number of hydrogen-bond donors (Lipinski definition) is 2. The van der Waals surface area contributed by atoms with Gasteiger partial charge in [-0.3, -0.25) is 9.59 Å². The predicted molar refractivity (Wildman–Crippen MR) is 101 cm³/mol. The van der Waals surface area contributed by atoms with Gasteiger partial charge in [0.25, 0.3) is 0 Å². The Bertz CT molecular complexity index is 778. The van der Waals surface area contributed by atoms with E-state index in [0.717, 1.165) is 10.0 Å². The Labute approximate surface area is 154 Å². The molecule has 0 aliphatic rings. The van der Waals surface area contributed by atoms with Gasteiger partial charge in [-0.25, -0.2) is 5.43 Å². The normalized spacial score (nSPS) is 10.5. The molecule has 2 aromatic carbocycles. The van der Waals surface area contributed by atoms with E-state index in [1.54, 1.807) is 19.2 Å². The molecule has 2 aromatic rings. The highest BCUT2D eigenvalue weighted by atomic mass is 79.9. The summed E-state index contributed by atoms with van der Waals surface area (Å²) in [7, 11) is 1.56. The van der Waals surface area contributed by atoms with E-state index in [-0.39, 0.29) is 24.7 Å². The van der Waals surface area contributed by atoms with E-state index in [1.165, 1.54) is 6.21 Å². The minimum Gasteiger partial charge on any atom is -0.496 e. The average molecular weight is 404 g/mol. The number of nitrogens with one attached hydrogen (secondary N) is 2. The van der Waals surface area contributed by atoms with Crippen LogP contribution in [0.4, 0.5) is 5.69 Å². The summed E-state index contributed by atoms with van der Waals surface area (Å²) < 4.78 is 5.97. The molecule has 0 saturated heterocycles. The third kappa shape index (κ3) is 6.04. The van der Waals surface area contributed by atoms with Gasteiger partial charge in [0, 0.05) is 22.9 Å². The van der Waals surface area contributed by atoms with E-state index >= 15 is 0 Å². The Balaban J connectivity index is 1.78. The maximum atomic E-state index is 11.9. The largest absolute Gasteiger partial charge is 0.496 e. The van der Waals surface area contributed by atoms with Gasteiger partial charge in [0.05, 0.1) is 19.0 Å². The summed E-state index contributed by atoms with van der Waals surface area (Å²) in [6, 6.07) is 14.6. The fourth-order valence-electron chi connectivity index (χ4n) is 2.01. The lowest BCUT2D eigenvalue weighted by molar-refractivity contribution is -0.124. The van der Waals surface area contributed by atoms with Crippen LogP contribution in [0.15, 0.2) is 58.1 Å². The predicted octanol–water partition coefficient (Wildman–Crippen LogP) is 3.33. The molecule has 0 fully saturated rings. The fourth-order valence-corrected chi connectivity index (χ4v) is 2.39. The summed E-state index contributed by atoms with van der Waals surface area (Å²) in [5, 5.41) is 6.62. The molecular weight excluding hydrogens is 386 g/mol. The molecule has 25 heavy (non-hydrogen) atoms. The molecule has 6 nitrogen and oxygen atoms in total. The molecule has 7 heteroatoms. The number of para-hydroxylation sites is 2. The van der Waals surface area contributed by atoms with Gasteiger partial charge in [-0.1, -0.05) is 24.3 Å². The molecule has 0 heterocycles. The zero-order chi connectivity index (χ0) is 18.1. The highest BCUT2D eigenvalue weighted by Gasteiger charge is 2.08. The Morgan fingerprint density at radius 3 is 2.52 bits per heavy atom. The van der Waals surface area contributed by atoms with Gasteiger partial charge in [0.2, 0.25) is 11.8 Å². The first-order valence-electron chi connectivity index (χ1n) is 7.59. The minimum atomic E-state index is -0.339. The van der Waals surface area contributed by atoms with Crippen LogP contribution in [0.1, 0.15) is 18.4 Å². The maximum Gasteiger partial charge on any atom is 0.240 e. The molecule has 0 aromatic heterocycles. The van der Waals surface area contributed by atoms with Crippen LogP contribution >= 0.6 is 15.9 Å². The van der Waals surface area contributed by atoms with Crippen LogP contribution in [0.3, 0.4) is 0 Å². The van der Waals surface area contributed by atoms with E-state index in [0.29, 0.717) is 11.4 Å². The van der Waals surface area contributed by atoms with Crippen molar-refractivity contribution in [2.45, 2.75) is 12.8 Å². The standard InChI is InChI=1S/C18H18BrN3O3/c1-25-16-9-5-2-6-13(16)12-20-22-18(24)11-10-17(23)21-15-8-4-3-7-14(15)19/h2-9,12H,10-11H2,1H3,(H,21,23)(H,22,24)/b20-12-. The quantitative estimate of drug-likeness (QED) is 0.549. The molecule has 2 rings (SSSR count). The van der Waals surface area contributed by atoms with Crippen LogP contribution in [-0.4, -0.2) is 25.1 Å². The highest BCUT2D eigenvalue weighted by Crippen LogP contribution is 2.21. The summed E-state index contributed by atoms with van der Waals surface area (Å²) in [5.74, 6) is 0.0810. The number of benzene rings is 2. The van der Waals surface area contributed by atoms with Gasteiger partial charge in [0.1, 0.15) is 5.75 Å². The van der Waals surface area contributed by atoms with Crippen molar-refractivity contribution in [3.05, 3.63) is 58.6 Å². The van der Waals surface area contributed by atoms with E-state index < -0.39 is 0 Å². The lowest BCUT2D eigenvalue weighted by Gasteiger charge is -2.06. The lowest BCUT2D eigenvalue weighted by atomic mass is 10.2. The molecule has 0 radical (unpaired) electrons. The Kier molecular flexibility index (Phi) is 7.16. The van der Waals surface area contributed by atoms with Crippen LogP contribution < -0.4 is 15.5 Å². The second-order valence-corrected chi connectivity index (χ2v) is 5.92. The summed E-state index contributed by atoms with van der Waals surface area (Å²) in [5.41, 5.74) is 3.81. The van der Waals surface area contributed by atoms with Gasteiger partial charge < -0.3 is 10.1 Å². The van der Waals surface area contributed by atoms with Crippen LogP contribution in [0.25, 0.3) is 0 Å².